The molecular formula is C29H22F3N5O2. The quantitative estimate of drug-likeness (QED) is 0.269. The Kier molecular flexibility index (Phi) is 6.61. The van der Waals surface area contributed by atoms with Crippen molar-refractivity contribution >= 4 is 28.8 Å². The Morgan fingerprint density at radius 2 is 1.64 bits per heavy atom. The Bertz CT molecular complexity index is 1710. The second-order valence-electron chi connectivity index (χ2n) is 8.94. The minimum absolute atomic E-state index is 0.0463. The van der Waals surface area contributed by atoms with Gasteiger partial charge >= 0.3 is 6.18 Å². The van der Waals surface area contributed by atoms with Crippen molar-refractivity contribution in [3.05, 3.63) is 102 Å². The maximum Gasteiger partial charge on any atom is 0.416 e. The van der Waals surface area contributed by atoms with Gasteiger partial charge in [0.05, 0.1) is 17.5 Å². The Morgan fingerprint density at radius 1 is 0.872 bits per heavy atom. The van der Waals surface area contributed by atoms with Gasteiger partial charge in [-0.3, -0.25) is 9.59 Å². The Hall–Kier alpha value is -4.99. The van der Waals surface area contributed by atoms with Crippen molar-refractivity contribution in [3.63, 3.8) is 0 Å². The molecule has 0 atom stereocenters. The van der Waals surface area contributed by atoms with Crippen molar-refractivity contribution < 1.29 is 22.8 Å². The van der Waals surface area contributed by atoms with Gasteiger partial charge in [0.15, 0.2) is 5.65 Å². The van der Waals surface area contributed by atoms with Gasteiger partial charge in [-0.05, 0) is 60.5 Å². The van der Waals surface area contributed by atoms with Crippen molar-refractivity contribution in [2.45, 2.75) is 20.0 Å². The highest BCUT2D eigenvalue weighted by atomic mass is 19.4. The molecule has 0 radical (unpaired) electrons. The van der Waals surface area contributed by atoms with E-state index in [-0.39, 0.29) is 17.0 Å². The van der Waals surface area contributed by atoms with Gasteiger partial charge in [0, 0.05) is 41.2 Å². The number of aromatic nitrogens is 3. The molecule has 0 saturated heterocycles. The molecule has 0 aliphatic rings. The van der Waals surface area contributed by atoms with Crippen LogP contribution in [0, 0.1) is 6.92 Å². The monoisotopic (exact) mass is 529 g/mol. The van der Waals surface area contributed by atoms with Crippen LogP contribution in [0.15, 0.2) is 85.2 Å². The molecule has 2 amide bonds. The zero-order chi connectivity index (χ0) is 27.7. The standard InChI is InChI=1S/C29H22F3N5O2/c1-17-6-7-21(15-25(17)29(30,31)32)28(39)36-23-5-3-4-20(14-23)26-12-13-33-27-24(16-34-37(26)27)19-8-10-22(11-9-19)35-18(2)38/h3-16H,1-2H3,(H,35,38)(H,36,39). The van der Waals surface area contributed by atoms with Crippen molar-refractivity contribution in [1.29, 1.82) is 0 Å². The third-order valence-corrected chi connectivity index (χ3v) is 6.14. The minimum atomic E-state index is -4.55. The Labute approximate surface area is 221 Å². The van der Waals surface area contributed by atoms with Crippen LogP contribution in [0.5, 0.6) is 0 Å². The highest BCUT2D eigenvalue weighted by Crippen LogP contribution is 2.33. The summed E-state index contributed by atoms with van der Waals surface area (Å²) in [7, 11) is 0. The largest absolute Gasteiger partial charge is 0.416 e. The lowest BCUT2D eigenvalue weighted by Gasteiger charge is -2.13. The fourth-order valence-electron chi connectivity index (χ4n) is 4.28. The molecule has 2 aromatic heterocycles. The van der Waals surface area contributed by atoms with E-state index in [0.29, 0.717) is 22.7 Å². The van der Waals surface area contributed by atoms with Crippen LogP contribution in [0.3, 0.4) is 0 Å². The number of benzene rings is 3. The average Bonchev–Trinajstić information content (AvgIpc) is 3.33. The average molecular weight is 530 g/mol. The van der Waals surface area contributed by atoms with Crippen molar-refractivity contribution in [2.24, 2.45) is 0 Å². The zero-order valence-electron chi connectivity index (χ0n) is 20.9. The molecule has 5 aromatic rings. The third kappa shape index (κ3) is 5.35. The van der Waals surface area contributed by atoms with E-state index in [9.17, 15) is 22.8 Å². The van der Waals surface area contributed by atoms with Gasteiger partial charge in [-0.1, -0.05) is 30.3 Å². The molecule has 0 aliphatic carbocycles. The van der Waals surface area contributed by atoms with Crippen LogP contribution < -0.4 is 10.6 Å². The molecule has 0 saturated carbocycles. The molecule has 5 rings (SSSR count). The lowest BCUT2D eigenvalue weighted by atomic mass is 10.0. The fraction of sp³-hybridized carbons (Fsp3) is 0.103. The summed E-state index contributed by atoms with van der Waals surface area (Å²) in [6, 6.07) is 19.5. The van der Waals surface area contributed by atoms with Crippen LogP contribution >= 0.6 is 0 Å². The number of rotatable bonds is 5. The summed E-state index contributed by atoms with van der Waals surface area (Å²) in [5, 5.41) is 9.93. The maximum atomic E-state index is 13.3. The predicted molar refractivity (Wildman–Crippen MR) is 142 cm³/mol. The molecule has 0 fully saturated rings. The molecule has 0 aliphatic heterocycles. The van der Waals surface area contributed by atoms with E-state index < -0.39 is 17.6 Å². The number of hydrogen-bond donors (Lipinski definition) is 2. The Balaban J connectivity index is 1.43. The van der Waals surface area contributed by atoms with Crippen LogP contribution in [0.4, 0.5) is 24.5 Å². The van der Waals surface area contributed by atoms with E-state index in [1.807, 2.05) is 18.2 Å². The van der Waals surface area contributed by atoms with E-state index in [2.05, 4.69) is 20.7 Å². The smallest absolute Gasteiger partial charge is 0.326 e. The number of anilines is 2. The molecule has 7 nitrogen and oxygen atoms in total. The van der Waals surface area contributed by atoms with Crippen molar-refractivity contribution in [2.75, 3.05) is 10.6 Å². The lowest BCUT2D eigenvalue weighted by Crippen LogP contribution is -2.15. The number of carbonyl (C=O) groups is 2. The molecule has 0 bridgehead atoms. The van der Waals surface area contributed by atoms with E-state index in [4.69, 9.17) is 0 Å². The Morgan fingerprint density at radius 3 is 2.36 bits per heavy atom. The summed E-state index contributed by atoms with van der Waals surface area (Å²) < 4.78 is 41.6. The number of halogens is 3. The van der Waals surface area contributed by atoms with Gasteiger partial charge in [0.25, 0.3) is 5.91 Å². The molecule has 3 aromatic carbocycles. The first-order valence-electron chi connectivity index (χ1n) is 11.9. The van der Waals surface area contributed by atoms with Crippen LogP contribution in [0.25, 0.3) is 28.0 Å². The van der Waals surface area contributed by atoms with Crippen LogP contribution in [-0.4, -0.2) is 26.4 Å². The number of aryl methyl sites for hydroxylation is 1. The van der Waals surface area contributed by atoms with Crippen molar-refractivity contribution in [3.8, 4) is 22.4 Å². The highest BCUT2D eigenvalue weighted by molar-refractivity contribution is 6.04. The normalized spacial score (nSPS) is 11.4. The maximum absolute atomic E-state index is 13.3. The number of carbonyl (C=O) groups excluding carboxylic acids is 2. The zero-order valence-corrected chi connectivity index (χ0v) is 20.9. The first kappa shape index (κ1) is 25.7. The van der Waals surface area contributed by atoms with Crippen LogP contribution in [-0.2, 0) is 11.0 Å². The second kappa shape index (κ2) is 10.1. The minimum Gasteiger partial charge on any atom is -0.326 e. The summed E-state index contributed by atoms with van der Waals surface area (Å²) in [4.78, 5) is 28.6. The molecule has 2 heterocycles. The van der Waals surface area contributed by atoms with Gasteiger partial charge in [0.2, 0.25) is 5.91 Å². The molecule has 10 heteroatoms. The number of amides is 2. The fourth-order valence-corrected chi connectivity index (χ4v) is 4.28. The SMILES string of the molecule is CC(=O)Nc1ccc(-c2cnn3c(-c4cccc(NC(=O)c5ccc(C)c(C(F)(F)F)c5)c4)ccnc23)cc1. The third-order valence-electron chi connectivity index (χ3n) is 6.14. The second-order valence-corrected chi connectivity index (χ2v) is 8.94. The number of hydrogen-bond acceptors (Lipinski definition) is 4. The number of alkyl halides is 3. The summed E-state index contributed by atoms with van der Waals surface area (Å²) in [6.07, 6.45) is -1.21. The summed E-state index contributed by atoms with van der Waals surface area (Å²) in [5.74, 6) is -0.810. The number of nitrogens with one attached hydrogen (secondary N) is 2. The lowest BCUT2D eigenvalue weighted by molar-refractivity contribution is -0.138. The molecule has 196 valence electrons. The topological polar surface area (TPSA) is 88.4 Å². The summed E-state index contributed by atoms with van der Waals surface area (Å²) >= 11 is 0. The van der Waals surface area contributed by atoms with Crippen molar-refractivity contribution in [1.82, 2.24) is 14.6 Å². The molecule has 0 spiro atoms. The summed E-state index contributed by atoms with van der Waals surface area (Å²) in [5.41, 5.74) is 3.87. The molecule has 2 N–H and O–H groups in total. The van der Waals surface area contributed by atoms with Gasteiger partial charge in [0.1, 0.15) is 0 Å². The van der Waals surface area contributed by atoms with Gasteiger partial charge < -0.3 is 10.6 Å². The van der Waals surface area contributed by atoms with E-state index >= 15 is 0 Å². The van der Waals surface area contributed by atoms with E-state index in [1.54, 1.807) is 53.3 Å². The molecule has 0 unspecified atom stereocenters. The summed E-state index contributed by atoms with van der Waals surface area (Å²) in [6.45, 7) is 2.79. The highest BCUT2D eigenvalue weighted by Gasteiger charge is 2.33. The van der Waals surface area contributed by atoms with Crippen LogP contribution in [0.2, 0.25) is 0 Å². The van der Waals surface area contributed by atoms with Gasteiger partial charge in [-0.25, -0.2) is 9.50 Å². The van der Waals surface area contributed by atoms with Crippen LogP contribution in [0.1, 0.15) is 28.4 Å². The van der Waals surface area contributed by atoms with E-state index in [0.717, 1.165) is 22.8 Å². The number of nitrogens with zero attached hydrogens (tertiary/aromatic N) is 3. The predicted octanol–water partition coefficient (Wildman–Crippen LogP) is 6.60. The van der Waals surface area contributed by atoms with E-state index in [1.165, 1.54) is 26.0 Å². The first-order valence-corrected chi connectivity index (χ1v) is 11.9. The molecule has 39 heavy (non-hydrogen) atoms. The van der Waals surface area contributed by atoms with Gasteiger partial charge in [-0.15, -0.1) is 0 Å². The van der Waals surface area contributed by atoms with Gasteiger partial charge in [-0.2, -0.15) is 18.3 Å². The first-order chi connectivity index (χ1) is 18.6. The molecular weight excluding hydrogens is 507 g/mol. The number of fused-ring (bicyclic) bond motifs is 1.